The van der Waals surface area contributed by atoms with Crippen molar-refractivity contribution in [2.45, 2.75) is 19.4 Å². The zero-order valence-electron chi connectivity index (χ0n) is 17.1. The average molecular weight is 405 g/mol. The van der Waals surface area contributed by atoms with Gasteiger partial charge < -0.3 is 19.3 Å². The summed E-state index contributed by atoms with van der Waals surface area (Å²) in [5, 5.41) is 9.87. The van der Waals surface area contributed by atoms with E-state index < -0.39 is 11.4 Å². The Bertz CT molecular complexity index is 694. The summed E-state index contributed by atoms with van der Waals surface area (Å²) in [6, 6.07) is 8.12. The molecule has 1 N–H and O–H groups in total. The molecule has 1 aromatic rings. The van der Waals surface area contributed by atoms with E-state index in [0.717, 1.165) is 57.1 Å². The summed E-state index contributed by atoms with van der Waals surface area (Å²) in [4.78, 5) is 16.7. The van der Waals surface area contributed by atoms with Crippen LogP contribution in [0.4, 0.5) is 0 Å². The zero-order chi connectivity index (χ0) is 20.1. The standard InChI is InChI=1S/C22H32N2O5/c25-21(26)22-6-11-28-16-19(22)15-24(17-22)14-18-4-1-2-5-20(18)29-10-3-7-23-8-12-27-13-9-23/h1-2,4-5,19H,3,6-17H2,(H,25,26)/t19-,22+/m1/s1. The third kappa shape index (κ3) is 4.74. The van der Waals surface area contributed by atoms with Gasteiger partial charge in [-0.25, -0.2) is 0 Å². The van der Waals surface area contributed by atoms with Crippen molar-refractivity contribution in [3.8, 4) is 5.75 Å². The van der Waals surface area contributed by atoms with Crippen LogP contribution in [-0.2, 0) is 20.8 Å². The molecule has 0 amide bonds. The van der Waals surface area contributed by atoms with Crippen molar-refractivity contribution >= 4 is 5.97 Å². The van der Waals surface area contributed by atoms with E-state index in [1.807, 2.05) is 18.2 Å². The summed E-state index contributed by atoms with van der Waals surface area (Å²) in [5.41, 5.74) is 0.464. The second-order valence-electron chi connectivity index (χ2n) is 8.42. The van der Waals surface area contributed by atoms with Crippen molar-refractivity contribution in [2.24, 2.45) is 11.3 Å². The zero-order valence-corrected chi connectivity index (χ0v) is 17.1. The van der Waals surface area contributed by atoms with Gasteiger partial charge in [0.05, 0.1) is 31.8 Å². The number of ether oxygens (including phenoxy) is 3. The first-order valence-electron chi connectivity index (χ1n) is 10.7. The number of hydrogen-bond donors (Lipinski definition) is 1. The number of likely N-dealkylation sites (tertiary alicyclic amines) is 1. The molecular formula is C22H32N2O5. The van der Waals surface area contributed by atoms with Crippen LogP contribution >= 0.6 is 0 Å². The average Bonchev–Trinajstić information content (AvgIpc) is 3.12. The third-order valence-corrected chi connectivity index (χ3v) is 6.55. The maximum atomic E-state index is 12.0. The fraction of sp³-hybridized carbons (Fsp3) is 0.682. The van der Waals surface area contributed by atoms with Crippen molar-refractivity contribution in [3.05, 3.63) is 29.8 Å². The number of rotatable bonds is 8. The van der Waals surface area contributed by atoms with Crippen molar-refractivity contribution in [3.63, 3.8) is 0 Å². The van der Waals surface area contributed by atoms with Crippen LogP contribution in [0, 0.1) is 11.3 Å². The number of carboxylic acid groups (broad SMARTS) is 1. The van der Waals surface area contributed by atoms with Crippen LogP contribution in [0.2, 0.25) is 0 Å². The van der Waals surface area contributed by atoms with Crippen molar-refractivity contribution in [1.82, 2.24) is 9.80 Å². The second kappa shape index (κ2) is 9.43. The van der Waals surface area contributed by atoms with E-state index >= 15 is 0 Å². The fourth-order valence-electron chi connectivity index (χ4n) is 4.84. The highest BCUT2D eigenvalue weighted by atomic mass is 16.5. The lowest BCUT2D eigenvalue weighted by atomic mass is 9.74. The van der Waals surface area contributed by atoms with E-state index in [4.69, 9.17) is 14.2 Å². The largest absolute Gasteiger partial charge is 0.493 e. The van der Waals surface area contributed by atoms with E-state index in [1.165, 1.54) is 0 Å². The molecule has 0 unspecified atom stereocenters. The normalized spacial score (nSPS) is 28.2. The minimum Gasteiger partial charge on any atom is -0.493 e. The molecule has 7 heteroatoms. The fourth-order valence-corrected chi connectivity index (χ4v) is 4.84. The number of carbonyl (C=O) groups is 1. The Morgan fingerprint density at radius 3 is 2.79 bits per heavy atom. The molecule has 0 bridgehead atoms. The first-order chi connectivity index (χ1) is 14.2. The van der Waals surface area contributed by atoms with Gasteiger partial charge in [0.2, 0.25) is 0 Å². The van der Waals surface area contributed by atoms with Crippen molar-refractivity contribution in [1.29, 1.82) is 0 Å². The minimum absolute atomic E-state index is 0.0651. The molecule has 0 radical (unpaired) electrons. The van der Waals surface area contributed by atoms with Crippen LogP contribution in [0.25, 0.3) is 0 Å². The Kier molecular flexibility index (Phi) is 6.70. The number of benzene rings is 1. The quantitative estimate of drug-likeness (QED) is 0.662. The highest BCUT2D eigenvalue weighted by Crippen LogP contribution is 2.43. The van der Waals surface area contributed by atoms with Crippen LogP contribution in [0.15, 0.2) is 24.3 Å². The van der Waals surface area contributed by atoms with Crippen LogP contribution < -0.4 is 4.74 Å². The first kappa shape index (κ1) is 20.6. The van der Waals surface area contributed by atoms with Gasteiger partial charge in [-0.15, -0.1) is 0 Å². The van der Waals surface area contributed by atoms with Crippen LogP contribution in [0.1, 0.15) is 18.4 Å². The molecule has 0 saturated carbocycles. The molecule has 7 nitrogen and oxygen atoms in total. The van der Waals surface area contributed by atoms with E-state index in [9.17, 15) is 9.90 Å². The molecule has 3 fully saturated rings. The SMILES string of the molecule is O=C(O)[C@]12CCOC[C@H]1CN(Cc1ccccc1OCCCN1CCOCC1)C2. The summed E-state index contributed by atoms with van der Waals surface area (Å²) in [6.45, 7) is 8.51. The van der Waals surface area contributed by atoms with E-state index in [2.05, 4.69) is 15.9 Å². The van der Waals surface area contributed by atoms with Crippen LogP contribution in [-0.4, -0.2) is 86.6 Å². The smallest absolute Gasteiger partial charge is 0.311 e. The summed E-state index contributed by atoms with van der Waals surface area (Å²) in [6.07, 6.45) is 1.59. The molecule has 3 aliphatic rings. The molecule has 3 aliphatic heterocycles. The van der Waals surface area contributed by atoms with Crippen LogP contribution in [0.5, 0.6) is 5.75 Å². The van der Waals surface area contributed by atoms with E-state index in [0.29, 0.717) is 39.3 Å². The highest BCUT2D eigenvalue weighted by molar-refractivity contribution is 5.76. The number of fused-ring (bicyclic) bond motifs is 1. The van der Waals surface area contributed by atoms with Gasteiger partial charge in [0.25, 0.3) is 0 Å². The Labute approximate surface area is 172 Å². The summed E-state index contributed by atoms with van der Waals surface area (Å²) in [5.74, 6) is 0.293. The highest BCUT2D eigenvalue weighted by Gasteiger charge is 2.53. The predicted octanol–water partition coefficient (Wildman–Crippen LogP) is 1.71. The molecule has 0 aromatic heterocycles. The Hall–Kier alpha value is -1.67. The lowest BCUT2D eigenvalue weighted by Gasteiger charge is -2.34. The van der Waals surface area contributed by atoms with Gasteiger partial charge in [-0.1, -0.05) is 18.2 Å². The summed E-state index contributed by atoms with van der Waals surface area (Å²) in [7, 11) is 0. The van der Waals surface area contributed by atoms with Gasteiger partial charge in [-0.2, -0.15) is 0 Å². The van der Waals surface area contributed by atoms with Crippen LogP contribution in [0.3, 0.4) is 0 Å². The molecule has 4 rings (SSSR count). The number of hydrogen-bond acceptors (Lipinski definition) is 6. The molecule has 0 spiro atoms. The monoisotopic (exact) mass is 404 g/mol. The molecular weight excluding hydrogens is 372 g/mol. The molecule has 29 heavy (non-hydrogen) atoms. The van der Waals surface area contributed by atoms with E-state index in [1.54, 1.807) is 0 Å². The number of morpholine rings is 1. The van der Waals surface area contributed by atoms with Gasteiger partial charge >= 0.3 is 5.97 Å². The molecule has 2 atom stereocenters. The Balaban J connectivity index is 1.32. The van der Waals surface area contributed by atoms with Crippen molar-refractivity contribution < 1.29 is 24.1 Å². The van der Waals surface area contributed by atoms with Crippen molar-refractivity contribution in [2.75, 3.05) is 65.8 Å². The van der Waals surface area contributed by atoms with Gasteiger partial charge in [0.1, 0.15) is 5.75 Å². The van der Waals surface area contributed by atoms with Gasteiger partial charge in [-0.05, 0) is 18.9 Å². The topological polar surface area (TPSA) is 71.5 Å². The second-order valence-corrected chi connectivity index (χ2v) is 8.42. The number of carboxylic acids is 1. The van der Waals surface area contributed by atoms with E-state index in [-0.39, 0.29) is 5.92 Å². The number of para-hydroxylation sites is 1. The van der Waals surface area contributed by atoms with Gasteiger partial charge in [0, 0.05) is 57.4 Å². The molecule has 1 aromatic carbocycles. The number of nitrogens with zero attached hydrogens (tertiary/aromatic N) is 2. The molecule has 3 saturated heterocycles. The maximum Gasteiger partial charge on any atom is 0.311 e. The Morgan fingerprint density at radius 1 is 1.17 bits per heavy atom. The Morgan fingerprint density at radius 2 is 2.00 bits per heavy atom. The number of aliphatic carboxylic acids is 1. The lowest BCUT2D eigenvalue weighted by Crippen LogP contribution is -2.44. The minimum atomic E-state index is -0.680. The predicted molar refractivity (Wildman–Crippen MR) is 108 cm³/mol. The first-order valence-corrected chi connectivity index (χ1v) is 10.7. The summed E-state index contributed by atoms with van der Waals surface area (Å²) >= 11 is 0. The molecule has 3 heterocycles. The van der Waals surface area contributed by atoms with Gasteiger partial charge in [0.15, 0.2) is 0 Å². The lowest BCUT2D eigenvalue weighted by molar-refractivity contribution is -0.157. The maximum absolute atomic E-state index is 12.0. The third-order valence-electron chi connectivity index (χ3n) is 6.55. The van der Waals surface area contributed by atoms with Gasteiger partial charge in [-0.3, -0.25) is 14.6 Å². The molecule has 0 aliphatic carbocycles. The molecule has 160 valence electrons. The summed E-state index contributed by atoms with van der Waals surface area (Å²) < 4.78 is 17.1.